The fraction of sp³-hybridized carbons (Fsp3) is 0.364. The van der Waals surface area contributed by atoms with Crippen LogP contribution >= 0.6 is 24.0 Å². The minimum absolute atomic E-state index is 0. The zero-order valence-corrected chi connectivity index (χ0v) is 19.4. The monoisotopic (exact) mass is 510 g/mol. The van der Waals surface area contributed by atoms with Crippen molar-refractivity contribution in [3.05, 3.63) is 66.2 Å². The Morgan fingerprint density at radius 2 is 1.69 bits per heavy atom. The molecule has 0 aliphatic carbocycles. The molecular weight excluding hydrogens is 479 g/mol. The quantitative estimate of drug-likeness (QED) is 0.259. The normalized spacial score (nSPS) is 11.9. The minimum Gasteiger partial charge on any atom is -0.376 e. The fourth-order valence-corrected chi connectivity index (χ4v) is 2.50. The van der Waals surface area contributed by atoms with Gasteiger partial charge in [0.15, 0.2) is 5.96 Å². The van der Waals surface area contributed by atoms with E-state index in [1.165, 1.54) is 5.56 Å². The second kappa shape index (κ2) is 14.8. The molecule has 6 nitrogen and oxygen atoms in total. The van der Waals surface area contributed by atoms with Gasteiger partial charge in [-0.1, -0.05) is 55.5 Å². The van der Waals surface area contributed by atoms with Crippen molar-refractivity contribution in [2.24, 2.45) is 10.9 Å². The second-order valence-electron chi connectivity index (χ2n) is 6.60. The van der Waals surface area contributed by atoms with Gasteiger partial charge in [-0.2, -0.15) is 0 Å². The summed E-state index contributed by atoms with van der Waals surface area (Å²) in [5.41, 5.74) is 1.94. The number of hydrogen-bond donors (Lipinski definition) is 3. The van der Waals surface area contributed by atoms with E-state index in [9.17, 15) is 4.79 Å². The van der Waals surface area contributed by atoms with E-state index >= 15 is 0 Å². The molecule has 29 heavy (non-hydrogen) atoms. The van der Waals surface area contributed by atoms with E-state index in [0.29, 0.717) is 31.6 Å². The van der Waals surface area contributed by atoms with Crippen molar-refractivity contribution in [3.8, 4) is 0 Å². The lowest BCUT2D eigenvalue weighted by atomic mass is 10.2. The average molecular weight is 510 g/mol. The van der Waals surface area contributed by atoms with E-state index in [2.05, 4.69) is 40.0 Å². The third kappa shape index (κ3) is 10.8. The molecule has 0 saturated carbocycles. The summed E-state index contributed by atoms with van der Waals surface area (Å²) in [7, 11) is 0. The molecule has 3 N–H and O–H groups in total. The number of amides is 1. The summed E-state index contributed by atoms with van der Waals surface area (Å²) in [6.45, 7) is 6.86. The van der Waals surface area contributed by atoms with Crippen LogP contribution in [0.15, 0.2) is 65.7 Å². The molecule has 2 aromatic rings. The Balaban J connectivity index is 0.00000420. The molecule has 0 heterocycles. The van der Waals surface area contributed by atoms with Crippen LogP contribution in [0.1, 0.15) is 19.4 Å². The molecule has 0 spiro atoms. The Bertz CT molecular complexity index is 726. The van der Waals surface area contributed by atoms with Crippen LogP contribution in [0.4, 0.5) is 5.69 Å². The molecular formula is C22H31IN4O2. The molecule has 0 aliphatic heterocycles. The van der Waals surface area contributed by atoms with Crippen molar-refractivity contribution in [2.75, 3.05) is 31.6 Å². The molecule has 0 saturated heterocycles. The number of para-hydroxylation sites is 1. The number of halogens is 1. The Kier molecular flexibility index (Phi) is 12.7. The van der Waals surface area contributed by atoms with Crippen molar-refractivity contribution < 1.29 is 9.53 Å². The van der Waals surface area contributed by atoms with Gasteiger partial charge >= 0.3 is 0 Å². The molecule has 0 bridgehead atoms. The maximum absolute atomic E-state index is 12.0. The van der Waals surface area contributed by atoms with Crippen molar-refractivity contribution in [3.63, 3.8) is 0 Å². The first kappa shape index (κ1) is 24.9. The van der Waals surface area contributed by atoms with Crippen LogP contribution in [0.5, 0.6) is 0 Å². The average Bonchev–Trinajstić information content (AvgIpc) is 2.71. The fourth-order valence-electron chi connectivity index (χ4n) is 2.50. The van der Waals surface area contributed by atoms with E-state index in [1.54, 1.807) is 0 Å². The predicted octanol–water partition coefficient (Wildman–Crippen LogP) is 3.65. The SMILES string of the molecule is CCNC(=NCC(=O)Nc1ccccc1)NCC(C)COCc1ccccc1.I. The van der Waals surface area contributed by atoms with Crippen LogP contribution < -0.4 is 16.0 Å². The first-order chi connectivity index (χ1) is 13.7. The highest BCUT2D eigenvalue weighted by Gasteiger charge is 2.06. The standard InChI is InChI=1S/C22H30N4O2.HI/c1-3-23-22(25-15-21(27)26-20-12-8-5-9-13-20)24-14-18(2)16-28-17-19-10-6-4-7-11-19;/h4-13,18H,3,14-17H2,1-2H3,(H,26,27)(H2,23,24,25);1H. The third-order valence-electron chi connectivity index (χ3n) is 3.91. The molecule has 1 amide bonds. The number of benzene rings is 2. The van der Waals surface area contributed by atoms with Gasteiger partial charge in [0.25, 0.3) is 0 Å². The summed E-state index contributed by atoms with van der Waals surface area (Å²) in [6.07, 6.45) is 0. The lowest BCUT2D eigenvalue weighted by Gasteiger charge is -2.16. The number of ether oxygens (including phenoxy) is 1. The van der Waals surface area contributed by atoms with Crippen LogP contribution in [0.25, 0.3) is 0 Å². The van der Waals surface area contributed by atoms with Crippen molar-refractivity contribution in [2.45, 2.75) is 20.5 Å². The van der Waals surface area contributed by atoms with E-state index in [1.807, 2.05) is 55.5 Å². The number of nitrogens with one attached hydrogen (secondary N) is 3. The Morgan fingerprint density at radius 3 is 2.34 bits per heavy atom. The highest BCUT2D eigenvalue weighted by molar-refractivity contribution is 14.0. The number of aliphatic imine (C=N–C) groups is 1. The second-order valence-corrected chi connectivity index (χ2v) is 6.60. The summed E-state index contributed by atoms with van der Waals surface area (Å²) in [5, 5.41) is 9.25. The Morgan fingerprint density at radius 1 is 1.03 bits per heavy atom. The van der Waals surface area contributed by atoms with Gasteiger partial charge in [0.05, 0.1) is 13.2 Å². The number of nitrogens with zero attached hydrogens (tertiary/aromatic N) is 1. The smallest absolute Gasteiger partial charge is 0.246 e. The Labute approximate surface area is 190 Å². The Hall–Kier alpha value is -2.13. The number of anilines is 1. The predicted molar refractivity (Wildman–Crippen MR) is 130 cm³/mol. The van der Waals surface area contributed by atoms with Gasteiger partial charge in [0.1, 0.15) is 6.54 Å². The van der Waals surface area contributed by atoms with E-state index in [-0.39, 0.29) is 36.4 Å². The van der Waals surface area contributed by atoms with Crippen LogP contribution in [-0.4, -0.2) is 38.1 Å². The number of carbonyl (C=O) groups excluding carboxylic acids is 1. The van der Waals surface area contributed by atoms with Gasteiger partial charge < -0.3 is 20.7 Å². The molecule has 0 aromatic heterocycles. The first-order valence-electron chi connectivity index (χ1n) is 9.66. The van der Waals surface area contributed by atoms with Gasteiger partial charge in [-0.25, -0.2) is 4.99 Å². The maximum Gasteiger partial charge on any atom is 0.246 e. The zero-order valence-electron chi connectivity index (χ0n) is 17.1. The molecule has 1 unspecified atom stereocenters. The van der Waals surface area contributed by atoms with Gasteiger partial charge in [-0.15, -0.1) is 24.0 Å². The molecule has 7 heteroatoms. The van der Waals surface area contributed by atoms with E-state index in [4.69, 9.17) is 4.74 Å². The molecule has 2 aromatic carbocycles. The molecule has 158 valence electrons. The summed E-state index contributed by atoms with van der Waals surface area (Å²) in [5.74, 6) is 0.786. The zero-order chi connectivity index (χ0) is 20.0. The van der Waals surface area contributed by atoms with Gasteiger partial charge in [0, 0.05) is 18.8 Å². The summed E-state index contributed by atoms with van der Waals surface area (Å²) in [6, 6.07) is 19.5. The lowest BCUT2D eigenvalue weighted by Crippen LogP contribution is -2.40. The summed E-state index contributed by atoms with van der Waals surface area (Å²) in [4.78, 5) is 16.4. The molecule has 1 atom stereocenters. The van der Waals surface area contributed by atoms with Gasteiger partial charge in [-0.05, 0) is 30.5 Å². The minimum atomic E-state index is -0.150. The van der Waals surface area contributed by atoms with Crippen LogP contribution in [0.3, 0.4) is 0 Å². The topological polar surface area (TPSA) is 74.8 Å². The van der Waals surface area contributed by atoms with E-state index < -0.39 is 0 Å². The van der Waals surface area contributed by atoms with Crippen LogP contribution in [0, 0.1) is 5.92 Å². The maximum atomic E-state index is 12.0. The van der Waals surface area contributed by atoms with Gasteiger partial charge in [0.2, 0.25) is 5.91 Å². The lowest BCUT2D eigenvalue weighted by molar-refractivity contribution is -0.114. The molecule has 0 radical (unpaired) electrons. The summed E-state index contributed by atoms with van der Waals surface area (Å²) >= 11 is 0. The molecule has 0 fully saturated rings. The highest BCUT2D eigenvalue weighted by atomic mass is 127. The highest BCUT2D eigenvalue weighted by Crippen LogP contribution is 2.04. The van der Waals surface area contributed by atoms with Crippen molar-refractivity contribution >= 4 is 41.5 Å². The number of hydrogen-bond acceptors (Lipinski definition) is 3. The third-order valence-corrected chi connectivity index (χ3v) is 3.91. The van der Waals surface area contributed by atoms with Crippen molar-refractivity contribution in [1.29, 1.82) is 0 Å². The molecule has 2 rings (SSSR count). The molecule has 0 aliphatic rings. The van der Waals surface area contributed by atoms with Crippen LogP contribution in [-0.2, 0) is 16.1 Å². The summed E-state index contributed by atoms with van der Waals surface area (Å²) < 4.78 is 5.77. The number of rotatable bonds is 10. The largest absolute Gasteiger partial charge is 0.376 e. The van der Waals surface area contributed by atoms with Crippen molar-refractivity contribution in [1.82, 2.24) is 10.6 Å². The number of guanidine groups is 1. The van der Waals surface area contributed by atoms with Gasteiger partial charge in [-0.3, -0.25) is 4.79 Å². The van der Waals surface area contributed by atoms with Crippen LogP contribution in [0.2, 0.25) is 0 Å². The number of carbonyl (C=O) groups is 1. The van der Waals surface area contributed by atoms with E-state index in [0.717, 1.165) is 12.2 Å². The first-order valence-corrected chi connectivity index (χ1v) is 9.66.